The van der Waals surface area contributed by atoms with Gasteiger partial charge in [0.25, 0.3) is 5.91 Å². The van der Waals surface area contributed by atoms with Crippen LogP contribution in [-0.2, 0) is 36.5 Å². The van der Waals surface area contributed by atoms with Crippen LogP contribution in [0, 0.1) is 28.9 Å². The van der Waals surface area contributed by atoms with Crippen molar-refractivity contribution < 1.29 is 70.9 Å². The van der Waals surface area contributed by atoms with Gasteiger partial charge in [0.2, 0.25) is 5.91 Å². The Hall–Kier alpha value is -5.94. The van der Waals surface area contributed by atoms with Crippen LogP contribution < -0.4 is 30.2 Å². The first-order valence-corrected chi connectivity index (χ1v) is 27.1. The number of methoxy groups -OCH3 is 3. The molecule has 2 bridgehead atoms. The molecule has 3 saturated carbocycles. The van der Waals surface area contributed by atoms with Crippen molar-refractivity contribution in [2.45, 2.75) is 148 Å². The first-order chi connectivity index (χ1) is 37.1. The van der Waals surface area contributed by atoms with Gasteiger partial charge in [-0.1, -0.05) is 43.6 Å². The van der Waals surface area contributed by atoms with Gasteiger partial charge in [-0.05, 0) is 133 Å². The number of nitrogens with one attached hydrogen (secondary N) is 3. The number of aliphatic hydroxyl groups is 1. The number of carbonyl (C=O) groups is 5. The fourth-order valence-corrected chi connectivity index (χ4v) is 12.4. The predicted molar refractivity (Wildman–Crippen MR) is 288 cm³/mol. The van der Waals surface area contributed by atoms with Gasteiger partial charge in [0.1, 0.15) is 23.2 Å². The fraction of sp³-hybridized carbons (Fsp3) is 0.589. The van der Waals surface area contributed by atoms with Crippen molar-refractivity contribution >= 4 is 48.7 Å². The minimum Gasteiger partial charge on any atom is -0.496 e. The second-order valence-corrected chi connectivity index (χ2v) is 24.2. The van der Waals surface area contributed by atoms with Crippen molar-refractivity contribution in [1.82, 2.24) is 30.7 Å². The molecule has 3 aromatic carbocycles. The number of ether oxygens (including phenoxy) is 5. The highest BCUT2D eigenvalue weighted by molar-refractivity contribution is 6.48. The van der Waals surface area contributed by atoms with Gasteiger partial charge in [-0.15, -0.1) is 0 Å². The van der Waals surface area contributed by atoms with Crippen LogP contribution in [-0.4, -0.2) is 139 Å². The normalized spacial score (nSPS) is 23.0. The van der Waals surface area contributed by atoms with Crippen LogP contribution in [0.2, 0.25) is 5.02 Å². The van der Waals surface area contributed by atoms with Crippen LogP contribution in [0.1, 0.15) is 133 Å². The predicted octanol–water partition coefficient (Wildman–Crippen LogP) is 8.26. The van der Waals surface area contributed by atoms with Crippen LogP contribution in [0.4, 0.5) is 23.2 Å². The topological polar surface area (TPSA) is 216 Å². The van der Waals surface area contributed by atoms with E-state index in [9.17, 15) is 24.3 Å². The van der Waals surface area contributed by atoms with Gasteiger partial charge in [0.05, 0.1) is 55.2 Å². The number of amides is 7. The van der Waals surface area contributed by atoms with Gasteiger partial charge in [-0.3, -0.25) is 9.59 Å². The number of piperidine rings is 1. The number of alkyl carbamates (subject to hydrolysis) is 1. The standard InChI is InChI=1S/C56H74BClF2N6O13/c1-53(2,3)76-49(69)41-36(59)17-16-31(44(41)73-10)25-40(57-78-39-27-33-26-38(55(33,7)8)56(39,9)79-57)62-47(67)43(35-28-37(60)45(74-11)46(75-12)42(35)58)63-50(70)66-23-22-65(52(66)72)34-18-20-64(21-19-34)48(68)32-15-13-14-30(24-32)29-61-51(71)77-54(4,5)6/h13-17,24,28,33-34,38-40,43,49,69H,18-23,25-27,29H2,1-12H3,(H,61,71)(H,62,67)(H,63,70)/t33-,38-,39+,40-,43?,49?,56-/m0/s1. The average molecular weight is 1120 g/mol. The number of halogens is 3. The zero-order chi connectivity index (χ0) is 57.7. The Balaban J connectivity index is 1.03. The van der Waals surface area contributed by atoms with Crippen LogP contribution in [0.3, 0.4) is 0 Å². The maximum absolute atomic E-state index is 16.0. The van der Waals surface area contributed by atoms with E-state index in [1.54, 1.807) is 75.6 Å². The number of likely N-dealkylation sites (tertiary alicyclic amines) is 1. The number of hydrogen-bond acceptors (Lipinski definition) is 13. The molecule has 430 valence electrons. The minimum atomic E-state index is -1.81. The number of benzene rings is 3. The maximum atomic E-state index is 16.0. The van der Waals surface area contributed by atoms with E-state index in [0.717, 1.165) is 23.5 Å². The Morgan fingerprint density at radius 2 is 1.56 bits per heavy atom. The Morgan fingerprint density at radius 1 is 0.873 bits per heavy atom. The summed E-state index contributed by atoms with van der Waals surface area (Å²) >= 11 is 6.94. The zero-order valence-electron chi connectivity index (χ0n) is 47.1. The van der Waals surface area contributed by atoms with Crippen molar-refractivity contribution in [3.05, 3.63) is 86.9 Å². The summed E-state index contributed by atoms with van der Waals surface area (Å²) in [6, 6.07) is 6.70. The van der Waals surface area contributed by atoms with Crippen molar-refractivity contribution in [3.8, 4) is 17.2 Å². The van der Waals surface area contributed by atoms with E-state index in [4.69, 9.17) is 44.6 Å². The van der Waals surface area contributed by atoms with E-state index in [0.29, 0.717) is 55.0 Å². The molecule has 2 unspecified atom stereocenters. The van der Waals surface area contributed by atoms with Crippen molar-refractivity contribution in [3.63, 3.8) is 0 Å². The highest BCUT2D eigenvalue weighted by Crippen LogP contribution is 2.66. The molecule has 79 heavy (non-hydrogen) atoms. The Labute approximate surface area is 465 Å². The second kappa shape index (κ2) is 22.9. The number of hydrogen-bond donors (Lipinski definition) is 4. The number of carbonyl (C=O) groups excluding carboxylic acids is 5. The van der Waals surface area contributed by atoms with E-state index in [-0.39, 0.29) is 88.8 Å². The summed E-state index contributed by atoms with van der Waals surface area (Å²) in [4.78, 5) is 74.3. The largest absolute Gasteiger partial charge is 0.496 e. The summed E-state index contributed by atoms with van der Waals surface area (Å²) in [6.45, 7) is 17.7. The summed E-state index contributed by atoms with van der Waals surface area (Å²) in [5.74, 6) is -4.24. The summed E-state index contributed by atoms with van der Waals surface area (Å²) < 4.78 is 73.0. The van der Waals surface area contributed by atoms with Crippen molar-refractivity contribution in [1.29, 1.82) is 0 Å². The van der Waals surface area contributed by atoms with Gasteiger partial charge in [-0.25, -0.2) is 28.1 Å². The molecule has 6 aliphatic rings. The lowest BCUT2D eigenvalue weighted by molar-refractivity contribution is -0.199. The third-order valence-electron chi connectivity index (χ3n) is 16.1. The highest BCUT2D eigenvalue weighted by Gasteiger charge is 2.68. The first-order valence-electron chi connectivity index (χ1n) is 26.8. The lowest BCUT2D eigenvalue weighted by Crippen LogP contribution is -2.65. The minimum absolute atomic E-state index is 0.0536. The third kappa shape index (κ3) is 12.2. The van der Waals surface area contributed by atoms with E-state index < -0.39 is 77.9 Å². The number of urea groups is 2. The SMILES string of the molecule is COc1c(F)cc(C(NC(=O)N2CCN(C3CCN(C(=O)c4cccc(CNC(=O)OC(C)(C)C)c4)CC3)C2=O)C(=O)N[C@@H](Cc2ccc(F)c(C(O)OC(C)(C)C)c2OC)B2O[C@@H]3C[C@@H]4C[C@@H](C4(C)C)[C@]3(C)O2)c(Cl)c1OC. The molecule has 7 amide bonds. The highest BCUT2D eigenvalue weighted by atomic mass is 35.5. The molecule has 7 atom stereocenters. The quantitative estimate of drug-likeness (QED) is 0.0786. The van der Waals surface area contributed by atoms with Crippen molar-refractivity contribution in [2.75, 3.05) is 47.5 Å². The third-order valence-corrected chi connectivity index (χ3v) is 16.5. The van der Waals surface area contributed by atoms with E-state index in [1.165, 1.54) is 27.4 Å². The van der Waals surface area contributed by atoms with Gasteiger partial charge in [0.15, 0.2) is 23.6 Å². The molecule has 9 rings (SSSR count). The van der Waals surface area contributed by atoms with Gasteiger partial charge < -0.3 is 63.8 Å². The first kappa shape index (κ1) is 59.2. The van der Waals surface area contributed by atoms with Crippen LogP contribution in [0.5, 0.6) is 17.2 Å². The molecule has 6 fully saturated rings. The van der Waals surface area contributed by atoms with Crippen LogP contribution >= 0.6 is 11.6 Å². The molecular weight excluding hydrogens is 1050 g/mol. The monoisotopic (exact) mass is 1120 g/mol. The average Bonchev–Trinajstić information content (AvgIpc) is 3.53. The summed E-state index contributed by atoms with van der Waals surface area (Å²) in [5.41, 5.74) is -1.43. The Morgan fingerprint density at radius 3 is 2.19 bits per heavy atom. The molecule has 0 radical (unpaired) electrons. The molecule has 3 aliphatic heterocycles. The Kier molecular flexibility index (Phi) is 17.2. The molecule has 3 aliphatic carbocycles. The van der Waals surface area contributed by atoms with Gasteiger partial charge in [-0.2, -0.15) is 0 Å². The maximum Gasteiger partial charge on any atom is 0.482 e. The molecule has 0 spiro atoms. The molecule has 23 heteroatoms. The molecule has 4 N–H and O–H groups in total. The van der Waals surface area contributed by atoms with Crippen LogP contribution in [0.25, 0.3) is 0 Å². The molecule has 3 saturated heterocycles. The fourth-order valence-electron chi connectivity index (χ4n) is 12.1. The Bertz CT molecular complexity index is 2830. The number of nitrogens with zero attached hydrogens (tertiary/aromatic N) is 3. The number of imide groups is 1. The van der Waals surface area contributed by atoms with E-state index in [2.05, 4.69) is 29.8 Å². The van der Waals surface area contributed by atoms with Crippen molar-refractivity contribution in [2.24, 2.45) is 17.3 Å². The molecule has 3 heterocycles. The van der Waals surface area contributed by atoms with Crippen LogP contribution in [0.15, 0.2) is 42.5 Å². The number of rotatable bonds is 16. The van der Waals surface area contributed by atoms with Gasteiger partial charge in [0, 0.05) is 49.9 Å². The number of aliphatic hydroxyl groups excluding tert-OH is 1. The molecule has 19 nitrogen and oxygen atoms in total. The molecule has 3 aromatic rings. The lowest BCUT2D eigenvalue weighted by Gasteiger charge is -2.64. The van der Waals surface area contributed by atoms with Gasteiger partial charge >= 0.3 is 25.3 Å². The molecular formula is C56H74BClF2N6O13. The lowest BCUT2D eigenvalue weighted by atomic mass is 9.43. The second-order valence-electron chi connectivity index (χ2n) is 23.8. The zero-order valence-corrected chi connectivity index (χ0v) is 47.8. The summed E-state index contributed by atoms with van der Waals surface area (Å²) in [6.07, 6.45) is -0.400. The molecule has 0 aromatic heterocycles. The van der Waals surface area contributed by atoms with E-state index in [1.807, 2.05) is 6.92 Å². The van der Waals surface area contributed by atoms with E-state index >= 15 is 13.6 Å². The smallest absolute Gasteiger partial charge is 0.482 e. The summed E-state index contributed by atoms with van der Waals surface area (Å²) in [7, 11) is 2.62. The summed E-state index contributed by atoms with van der Waals surface area (Å²) in [5, 5.41) is 19.3.